The lowest BCUT2D eigenvalue weighted by atomic mass is 9.89. The molecule has 2 fully saturated rings. The first kappa shape index (κ1) is 27.2. The number of likely N-dealkylation sites (tertiary alicyclic amines) is 1. The van der Waals surface area contributed by atoms with Gasteiger partial charge in [-0.05, 0) is 45.6 Å². The van der Waals surface area contributed by atoms with Crippen LogP contribution in [-0.4, -0.2) is 68.7 Å². The average molecular weight is 548 g/mol. The van der Waals surface area contributed by atoms with Crippen LogP contribution < -0.4 is 10.6 Å². The van der Waals surface area contributed by atoms with Gasteiger partial charge in [0.1, 0.15) is 17.6 Å². The zero-order chi connectivity index (χ0) is 27.1. The topological polar surface area (TPSA) is 107 Å². The highest BCUT2D eigenvalue weighted by Crippen LogP contribution is 2.39. The van der Waals surface area contributed by atoms with Crippen LogP contribution >= 0.6 is 11.3 Å². The predicted molar refractivity (Wildman–Crippen MR) is 126 cm³/mol. The predicted octanol–water partition coefficient (Wildman–Crippen LogP) is 4.38. The van der Waals surface area contributed by atoms with Gasteiger partial charge in [0.05, 0.1) is 17.0 Å². The Morgan fingerprint density at radius 2 is 1.97 bits per heavy atom. The first-order chi connectivity index (χ1) is 17.4. The lowest BCUT2D eigenvalue weighted by molar-refractivity contribution is -0.138. The van der Waals surface area contributed by atoms with Crippen LogP contribution in [0, 0.1) is 0 Å². The van der Waals surface area contributed by atoms with Gasteiger partial charge in [0, 0.05) is 29.9 Å². The number of pyridine rings is 1. The number of aliphatic hydroxyl groups is 1. The molecule has 2 aliphatic rings. The highest BCUT2D eigenvalue weighted by atomic mass is 32.1. The summed E-state index contributed by atoms with van der Waals surface area (Å²) in [4.78, 5) is 35.8. The van der Waals surface area contributed by atoms with Crippen LogP contribution in [0.25, 0.3) is 10.4 Å². The largest absolute Gasteiger partial charge is 0.408 e. The molecule has 2 aromatic rings. The van der Waals surface area contributed by atoms with Crippen LogP contribution in [-0.2, 0) is 0 Å². The summed E-state index contributed by atoms with van der Waals surface area (Å²) in [6, 6.07) is -1.82. The zero-order valence-corrected chi connectivity index (χ0v) is 20.8. The fourth-order valence-electron chi connectivity index (χ4n) is 4.22. The number of nitrogens with zero attached hydrogens (tertiary/aromatic N) is 3. The Kier molecular flexibility index (Phi) is 7.70. The van der Waals surface area contributed by atoms with Gasteiger partial charge in [0.15, 0.2) is 5.01 Å². The molecule has 0 aromatic carbocycles. The number of hydrogen-bond acceptors (Lipinski definition) is 7. The molecule has 1 saturated carbocycles. The van der Waals surface area contributed by atoms with Crippen LogP contribution in [0.5, 0.6) is 0 Å². The Hall–Kier alpha value is -2.87. The summed E-state index contributed by atoms with van der Waals surface area (Å²) in [6.45, 7) is 3.11. The third kappa shape index (κ3) is 5.69. The summed E-state index contributed by atoms with van der Waals surface area (Å²) in [6.07, 6.45) is -4.89. The summed E-state index contributed by atoms with van der Waals surface area (Å²) in [5, 5.41) is 14.3. The Labute approximate surface area is 213 Å². The summed E-state index contributed by atoms with van der Waals surface area (Å²) < 4.78 is 67.0. The molecule has 2 amide bonds. The highest BCUT2D eigenvalue weighted by Gasteiger charge is 2.37. The molecule has 2 aromatic heterocycles. The van der Waals surface area contributed by atoms with Crippen LogP contribution in [0.15, 0.2) is 12.3 Å². The average Bonchev–Trinajstić information content (AvgIpc) is 3.47. The van der Waals surface area contributed by atoms with E-state index in [9.17, 15) is 36.6 Å². The number of anilines is 1. The first-order valence-corrected chi connectivity index (χ1v) is 12.6. The fourth-order valence-corrected chi connectivity index (χ4v) is 5.21. The number of thiazole rings is 1. The second-order valence-corrected chi connectivity index (χ2v) is 10.3. The number of hydrogen-bond donors (Lipinski definition) is 3. The number of halogens is 5. The van der Waals surface area contributed by atoms with E-state index in [1.54, 1.807) is 4.90 Å². The maximum atomic E-state index is 14.1. The van der Waals surface area contributed by atoms with E-state index in [4.69, 9.17) is 0 Å². The Bertz CT molecular complexity index is 1170. The third-order valence-electron chi connectivity index (χ3n) is 6.66. The van der Waals surface area contributed by atoms with Gasteiger partial charge in [-0.1, -0.05) is 0 Å². The summed E-state index contributed by atoms with van der Waals surface area (Å²) in [5.41, 5.74) is -1.05. The smallest absolute Gasteiger partial charge is 0.391 e. The van der Waals surface area contributed by atoms with Gasteiger partial charge in [-0.25, -0.2) is 18.7 Å². The Morgan fingerprint density at radius 3 is 2.51 bits per heavy atom. The van der Waals surface area contributed by atoms with Crippen LogP contribution in [0.3, 0.4) is 0 Å². The molecule has 1 aliphatic carbocycles. The van der Waals surface area contributed by atoms with E-state index in [1.807, 2.05) is 6.92 Å². The summed E-state index contributed by atoms with van der Waals surface area (Å²) in [5.74, 6) is -1.61. The van der Waals surface area contributed by atoms with Crippen molar-refractivity contribution in [1.29, 1.82) is 0 Å². The molecule has 0 radical (unpaired) electrons. The molecule has 14 heteroatoms. The third-order valence-corrected chi connectivity index (χ3v) is 7.75. The second kappa shape index (κ2) is 10.5. The maximum Gasteiger partial charge on any atom is 0.408 e. The quantitative estimate of drug-likeness (QED) is 0.444. The van der Waals surface area contributed by atoms with Crippen molar-refractivity contribution in [1.82, 2.24) is 20.2 Å². The lowest BCUT2D eigenvalue weighted by Gasteiger charge is -2.32. The molecule has 37 heavy (non-hydrogen) atoms. The van der Waals surface area contributed by atoms with Gasteiger partial charge in [-0.2, -0.15) is 13.2 Å². The molecular weight excluding hydrogens is 521 g/mol. The van der Waals surface area contributed by atoms with E-state index in [0.29, 0.717) is 30.7 Å². The molecule has 8 nitrogen and oxygen atoms in total. The van der Waals surface area contributed by atoms with Crippen LogP contribution in [0.2, 0.25) is 0 Å². The molecule has 0 bridgehead atoms. The number of carbonyl (C=O) groups excluding carboxylic acids is 2. The van der Waals surface area contributed by atoms with Crippen LogP contribution in [0.4, 0.5) is 27.8 Å². The van der Waals surface area contributed by atoms with Crippen LogP contribution in [0.1, 0.15) is 71.8 Å². The molecule has 4 atom stereocenters. The Balaban J connectivity index is 1.74. The number of rotatable bonds is 7. The molecule has 202 valence electrons. The van der Waals surface area contributed by atoms with Gasteiger partial charge >= 0.3 is 6.18 Å². The molecule has 0 spiro atoms. The molecule has 3 N–H and O–H groups in total. The number of alkyl halides is 5. The molecule has 3 heterocycles. The molecule has 1 saturated heterocycles. The number of aromatic nitrogens is 2. The number of carbonyl (C=O) groups is 2. The van der Waals surface area contributed by atoms with Crippen molar-refractivity contribution < 1.29 is 36.6 Å². The lowest BCUT2D eigenvalue weighted by Crippen LogP contribution is -2.50. The molecule has 1 aliphatic heterocycles. The van der Waals surface area contributed by atoms with Crippen molar-refractivity contribution in [2.75, 3.05) is 11.9 Å². The summed E-state index contributed by atoms with van der Waals surface area (Å²) >= 11 is 0.716. The number of aliphatic hydroxyl groups excluding tert-OH is 1. The van der Waals surface area contributed by atoms with E-state index < -0.39 is 54.0 Å². The second-order valence-electron chi connectivity index (χ2n) is 9.28. The van der Waals surface area contributed by atoms with Crippen molar-refractivity contribution in [3.8, 4) is 10.4 Å². The number of amides is 2. The molecule has 4 rings (SSSR count). The summed E-state index contributed by atoms with van der Waals surface area (Å²) in [7, 11) is 0. The van der Waals surface area contributed by atoms with Gasteiger partial charge in [-0.3, -0.25) is 9.59 Å². The van der Waals surface area contributed by atoms with Crippen molar-refractivity contribution in [3.63, 3.8) is 0 Å². The van der Waals surface area contributed by atoms with Gasteiger partial charge < -0.3 is 20.6 Å². The minimum absolute atomic E-state index is 0.0263. The monoisotopic (exact) mass is 547 g/mol. The zero-order valence-electron chi connectivity index (χ0n) is 20.0. The van der Waals surface area contributed by atoms with E-state index in [0.717, 1.165) is 32.0 Å². The molecular formula is C23H26F5N5O3S. The van der Waals surface area contributed by atoms with E-state index in [-0.39, 0.29) is 27.2 Å². The van der Waals surface area contributed by atoms with Gasteiger partial charge in [-0.15, -0.1) is 11.3 Å². The van der Waals surface area contributed by atoms with E-state index in [1.165, 1.54) is 0 Å². The Morgan fingerprint density at radius 1 is 1.24 bits per heavy atom. The fraction of sp³-hybridized carbons (Fsp3) is 0.565. The minimum Gasteiger partial charge on any atom is -0.391 e. The standard InChI is InChI=1S/C23H26F5N5O3S/c1-10-4-3-7-33(10)22(36)17-18(37-21(32-17)20(35)31-14-5-6-15(14)34)13-9-29-16(8-12(13)19(24)25)30-11(2)23(26,27)28/h8-11,14-15,19,34H,3-7H2,1-2H3,(H,29,30)(H,31,35)/t10-,11-,14-,15-/m0/s1. The maximum absolute atomic E-state index is 14.1. The van der Waals surface area contributed by atoms with E-state index in [2.05, 4.69) is 20.6 Å². The number of nitrogens with one attached hydrogen (secondary N) is 2. The normalized spacial score (nSPS) is 22.6. The van der Waals surface area contributed by atoms with Crippen molar-refractivity contribution in [2.24, 2.45) is 0 Å². The van der Waals surface area contributed by atoms with Crippen molar-refractivity contribution in [2.45, 2.75) is 76.4 Å². The van der Waals surface area contributed by atoms with Crippen molar-refractivity contribution in [3.05, 3.63) is 28.5 Å². The minimum atomic E-state index is -4.62. The van der Waals surface area contributed by atoms with Gasteiger partial charge in [0.25, 0.3) is 18.2 Å². The highest BCUT2D eigenvalue weighted by molar-refractivity contribution is 7.17. The van der Waals surface area contributed by atoms with E-state index >= 15 is 0 Å². The molecule has 0 unspecified atom stereocenters. The first-order valence-electron chi connectivity index (χ1n) is 11.8. The SMILES string of the molecule is C[C@H](Nc1cc(C(F)F)c(-c2sc(C(=O)N[C@H]3CC[C@@H]3O)nc2C(=O)N2CCC[C@@H]2C)cn1)C(F)(F)F. The van der Waals surface area contributed by atoms with Gasteiger partial charge in [0.2, 0.25) is 0 Å². The van der Waals surface area contributed by atoms with Crippen molar-refractivity contribution >= 4 is 29.0 Å².